The van der Waals surface area contributed by atoms with Gasteiger partial charge in [-0.3, -0.25) is 4.79 Å². The van der Waals surface area contributed by atoms with Crippen LogP contribution in [0.15, 0.2) is 0 Å². The van der Waals surface area contributed by atoms with E-state index in [1.165, 1.54) is 19.3 Å². The Hall–Kier alpha value is -0.530. The van der Waals surface area contributed by atoms with Gasteiger partial charge in [-0.2, -0.15) is 0 Å². The highest BCUT2D eigenvalue weighted by atomic mass is 16.1. The Morgan fingerprint density at radius 1 is 1.33 bits per heavy atom. The van der Waals surface area contributed by atoms with Gasteiger partial charge in [-0.25, -0.2) is 0 Å². The van der Waals surface area contributed by atoms with E-state index in [9.17, 15) is 4.79 Å². The third-order valence-corrected chi connectivity index (χ3v) is 1.97. The molecule has 0 radical (unpaired) electrons. The minimum Gasteiger partial charge on any atom is -0.354 e. The van der Waals surface area contributed by atoms with E-state index >= 15 is 0 Å². The highest BCUT2D eigenvalue weighted by Crippen LogP contribution is 2.02. The fourth-order valence-corrected chi connectivity index (χ4v) is 1.15. The first-order valence-corrected chi connectivity index (χ1v) is 5.00. The molecular formula is C10H21NO. The lowest BCUT2D eigenvalue weighted by Crippen LogP contribution is -2.31. The molecule has 72 valence electrons. The molecule has 0 saturated heterocycles. The van der Waals surface area contributed by atoms with E-state index in [0.717, 1.165) is 6.42 Å². The Bertz CT molecular complexity index is 123. The minimum absolute atomic E-state index is 0.166. The van der Waals surface area contributed by atoms with Crippen LogP contribution < -0.4 is 5.32 Å². The quantitative estimate of drug-likeness (QED) is 0.611. The molecule has 0 aliphatic heterocycles. The molecule has 0 spiro atoms. The molecule has 0 aliphatic rings. The zero-order valence-corrected chi connectivity index (χ0v) is 8.52. The Balaban J connectivity index is 3.32. The minimum atomic E-state index is 0.166. The van der Waals surface area contributed by atoms with Crippen LogP contribution in [-0.2, 0) is 4.79 Å². The monoisotopic (exact) mass is 171 g/mol. The van der Waals surface area contributed by atoms with Crippen molar-refractivity contribution in [3.8, 4) is 0 Å². The Morgan fingerprint density at radius 3 is 2.50 bits per heavy atom. The molecule has 0 aromatic heterocycles. The van der Waals surface area contributed by atoms with Gasteiger partial charge in [-0.05, 0) is 13.3 Å². The van der Waals surface area contributed by atoms with Crippen LogP contribution in [0, 0.1) is 0 Å². The zero-order valence-electron chi connectivity index (χ0n) is 8.52. The summed E-state index contributed by atoms with van der Waals surface area (Å²) in [5.74, 6) is 0.166. The van der Waals surface area contributed by atoms with E-state index in [1.54, 1.807) is 0 Å². The fourth-order valence-electron chi connectivity index (χ4n) is 1.15. The molecule has 2 heteroatoms. The molecular weight excluding hydrogens is 150 g/mol. The number of carbonyl (C=O) groups is 1. The van der Waals surface area contributed by atoms with Gasteiger partial charge in [-0.1, -0.05) is 33.1 Å². The van der Waals surface area contributed by atoms with Crippen LogP contribution >= 0.6 is 0 Å². The molecule has 0 aromatic rings. The van der Waals surface area contributed by atoms with Crippen molar-refractivity contribution in [3.05, 3.63) is 0 Å². The Labute approximate surface area is 75.7 Å². The molecule has 0 bridgehead atoms. The summed E-state index contributed by atoms with van der Waals surface area (Å²) in [7, 11) is 0. The molecule has 0 heterocycles. The molecule has 0 unspecified atom stereocenters. The van der Waals surface area contributed by atoms with Gasteiger partial charge >= 0.3 is 0 Å². The van der Waals surface area contributed by atoms with Crippen LogP contribution in [0.1, 0.15) is 52.9 Å². The SMILES string of the molecule is CCCCC[C@H](C)NC(=O)CC. The summed E-state index contributed by atoms with van der Waals surface area (Å²) in [5.41, 5.74) is 0. The average Bonchev–Trinajstić information content (AvgIpc) is 2.05. The van der Waals surface area contributed by atoms with Gasteiger partial charge in [0.25, 0.3) is 0 Å². The molecule has 0 aliphatic carbocycles. The number of carbonyl (C=O) groups excluding carboxylic acids is 1. The molecule has 1 atom stereocenters. The van der Waals surface area contributed by atoms with Crippen molar-refractivity contribution in [2.24, 2.45) is 0 Å². The predicted octanol–water partition coefficient (Wildman–Crippen LogP) is 2.48. The van der Waals surface area contributed by atoms with Gasteiger partial charge < -0.3 is 5.32 Å². The summed E-state index contributed by atoms with van der Waals surface area (Å²) < 4.78 is 0. The number of amides is 1. The van der Waals surface area contributed by atoms with Crippen LogP contribution in [0.5, 0.6) is 0 Å². The predicted molar refractivity (Wildman–Crippen MR) is 52.0 cm³/mol. The second kappa shape index (κ2) is 7.14. The molecule has 0 fully saturated rings. The van der Waals surface area contributed by atoms with E-state index in [1.807, 2.05) is 6.92 Å². The lowest BCUT2D eigenvalue weighted by molar-refractivity contribution is -0.121. The summed E-state index contributed by atoms with van der Waals surface area (Å²) >= 11 is 0. The first kappa shape index (κ1) is 11.5. The topological polar surface area (TPSA) is 29.1 Å². The number of hydrogen-bond donors (Lipinski definition) is 1. The number of rotatable bonds is 6. The van der Waals surface area contributed by atoms with Gasteiger partial charge in [-0.15, -0.1) is 0 Å². The smallest absolute Gasteiger partial charge is 0.219 e. The molecule has 0 saturated carbocycles. The second-order valence-corrected chi connectivity index (χ2v) is 3.32. The van der Waals surface area contributed by atoms with Crippen LogP contribution in [0.2, 0.25) is 0 Å². The number of unbranched alkanes of at least 4 members (excludes halogenated alkanes) is 2. The van der Waals surface area contributed by atoms with Crippen LogP contribution in [0.4, 0.5) is 0 Å². The standard InChI is InChI=1S/C10H21NO/c1-4-6-7-8-9(3)11-10(12)5-2/h9H,4-8H2,1-3H3,(H,11,12)/t9-/m0/s1. The number of nitrogens with one attached hydrogen (secondary N) is 1. The summed E-state index contributed by atoms with van der Waals surface area (Å²) in [6.45, 7) is 6.15. The molecule has 12 heavy (non-hydrogen) atoms. The average molecular weight is 171 g/mol. The first-order valence-electron chi connectivity index (χ1n) is 5.00. The van der Waals surface area contributed by atoms with Crippen molar-refractivity contribution in [2.45, 2.75) is 58.9 Å². The van der Waals surface area contributed by atoms with Gasteiger partial charge in [0.15, 0.2) is 0 Å². The maximum Gasteiger partial charge on any atom is 0.219 e. The Kier molecular flexibility index (Phi) is 6.82. The van der Waals surface area contributed by atoms with E-state index in [-0.39, 0.29) is 5.91 Å². The van der Waals surface area contributed by atoms with Crippen molar-refractivity contribution in [2.75, 3.05) is 0 Å². The second-order valence-electron chi connectivity index (χ2n) is 3.32. The Morgan fingerprint density at radius 2 is 2.00 bits per heavy atom. The third-order valence-electron chi connectivity index (χ3n) is 1.97. The van der Waals surface area contributed by atoms with Crippen molar-refractivity contribution in [1.29, 1.82) is 0 Å². The molecule has 1 amide bonds. The molecule has 0 aromatic carbocycles. The summed E-state index contributed by atoms with van der Waals surface area (Å²) in [5, 5.41) is 2.95. The third kappa shape index (κ3) is 6.20. The van der Waals surface area contributed by atoms with Gasteiger partial charge in [0.1, 0.15) is 0 Å². The van der Waals surface area contributed by atoms with Crippen molar-refractivity contribution in [1.82, 2.24) is 5.32 Å². The molecule has 1 N–H and O–H groups in total. The van der Waals surface area contributed by atoms with E-state index in [4.69, 9.17) is 0 Å². The van der Waals surface area contributed by atoms with Gasteiger partial charge in [0.2, 0.25) is 5.91 Å². The maximum atomic E-state index is 10.9. The maximum absolute atomic E-state index is 10.9. The zero-order chi connectivity index (χ0) is 9.40. The lowest BCUT2D eigenvalue weighted by Gasteiger charge is -2.12. The van der Waals surface area contributed by atoms with Crippen molar-refractivity contribution < 1.29 is 4.79 Å². The summed E-state index contributed by atoms with van der Waals surface area (Å²) in [6.07, 6.45) is 5.44. The highest BCUT2D eigenvalue weighted by molar-refractivity contribution is 5.75. The fraction of sp³-hybridized carbons (Fsp3) is 0.900. The highest BCUT2D eigenvalue weighted by Gasteiger charge is 2.03. The van der Waals surface area contributed by atoms with Crippen molar-refractivity contribution in [3.63, 3.8) is 0 Å². The van der Waals surface area contributed by atoms with E-state index in [0.29, 0.717) is 12.5 Å². The molecule has 2 nitrogen and oxygen atoms in total. The van der Waals surface area contributed by atoms with Crippen LogP contribution in [-0.4, -0.2) is 11.9 Å². The van der Waals surface area contributed by atoms with Crippen molar-refractivity contribution >= 4 is 5.91 Å². The van der Waals surface area contributed by atoms with E-state index in [2.05, 4.69) is 19.2 Å². The largest absolute Gasteiger partial charge is 0.354 e. The normalized spacial score (nSPS) is 12.6. The number of hydrogen-bond acceptors (Lipinski definition) is 1. The molecule has 0 rings (SSSR count). The lowest BCUT2D eigenvalue weighted by atomic mass is 10.1. The van der Waals surface area contributed by atoms with Gasteiger partial charge in [0, 0.05) is 12.5 Å². The first-order chi connectivity index (χ1) is 5.70. The van der Waals surface area contributed by atoms with Crippen LogP contribution in [0.3, 0.4) is 0 Å². The summed E-state index contributed by atoms with van der Waals surface area (Å²) in [6, 6.07) is 0.351. The van der Waals surface area contributed by atoms with Gasteiger partial charge in [0.05, 0.1) is 0 Å². The summed E-state index contributed by atoms with van der Waals surface area (Å²) in [4.78, 5) is 10.9. The van der Waals surface area contributed by atoms with Crippen LogP contribution in [0.25, 0.3) is 0 Å². The van der Waals surface area contributed by atoms with E-state index < -0.39 is 0 Å².